The van der Waals surface area contributed by atoms with E-state index in [0.717, 1.165) is 45.6 Å². The van der Waals surface area contributed by atoms with E-state index in [1.165, 1.54) is 36.1 Å². The number of nitrogens with zero attached hydrogens (tertiary/aromatic N) is 1. The van der Waals surface area contributed by atoms with Crippen LogP contribution in [0.25, 0.3) is 0 Å². The predicted octanol–water partition coefficient (Wildman–Crippen LogP) is 3.47. The fourth-order valence-corrected chi connectivity index (χ4v) is 7.08. The van der Waals surface area contributed by atoms with Crippen LogP contribution < -0.4 is 9.80 Å². The van der Waals surface area contributed by atoms with Crippen molar-refractivity contribution in [3.05, 3.63) is 40.5 Å². The molecule has 0 aromatic heterocycles. The number of allylic oxidation sites excluding steroid dienone is 2. The van der Waals surface area contributed by atoms with Gasteiger partial charge in [-0.2, -0.15) is 0 Å². The van der Waals surface area contributed by atoms with E-state index < -0.39 is 0 Å². The molecule has 0 bridgehead atoms. The number of hydrogen-bond acceptors (Lipinski definition) is 3. The van der Waals surface area contributed by atoms with Gasteiger partial charge < -0.3 is 14.5 Å². The molecule has 0 amide bonds. The molecular weight excluding hydrogens is 384 g/mol. The summed E-state index contributed by atoms with van der Waals surface area (Å²) in [4.78, 5) is 17.0. The number of carbonyl (C=O) groups excluding carboxylic acids is 1. The second-order valence-electron chi connectivity index (χ2n) is 11.1. The number of piperazine rings is 1. The standard InChI is InChI=1S/C27H38N2O2/c1-18-7-8-24(20(3)14-18)29-12-10-28(11-13-29)17-22-21-15-23-19(2)6-5-9-27(23,4)16-25(21)31-26(22)30/h7-8,14,21-22,25H,5-6,9-13,15-17H2,1-4H3/p+1/t21-,22-,25-,27-/m1/s1. The summed E-state index contributed by atoms with van der Waals surface area (Å²) in [5.41, 5.74) is 7.59. The van der Waals surface area contributed by atoms with Crippen LogP contribution in [0, 0.1) is 31.1 Å². The molecule has 2 heterocycles. The Labute approximate surface area is 187 Å². The number of nitrogens with one attached hydrogen (secondary N) is 1. The van der Waals surface area contributed by atoms with Crippen molar-refractivity contribution in [2.45, 2.75) is 65.9 Å². The SMILES string of the molecule is CC1=C2C[C@H]3[C@@H](C[C@@]2(C)CCC1)OC(=O)[C@@H]3C[NH+]1CCN(c2ccc(C)cc2C)CC1. The molecule has 4 nitrogen and oxygen atoms in total. The van der Waals surface area contributed by atoms with E-state index in [-0.39, 0.29) is 23.4 Å². The second kappa shape index (κ2) is 7.95. The molecule has 1 aromatic rings. The molecule has 1 aromatic carbocycles. The van der Waals surface area contributed by atoms with Crippen LogP contribution in [-0.4, -0.2) is 44.8 Å². The fourth-order valence-electron chi connectivity index (χ4n) is 7.08. The van der Waals surface area contributed by atoms with Crippen molar-refractivity contribution in [2.75, 3.05) is 37.6 Å². The lowest BCUT2D eigenvalue weighted by Gasteiger charge is -2.45. The quantitative estimate of drug-likeness (QED) is 0.597. The Hall–Kier alpha value is -1.81. The van der Waals surface area contributed by atoms with Gasteiger partial charge in [-0.1, -0.05) is 35.8 Å². The first-order valence-corrected chi connectivity index (χ1v) is 12.4. The van der Waals surface area contributed by atoms with Crippen LogP contribution in [0.4, 0.5) is 5.69 Å². The van der Waals surface area contributed by atoms with Crippen LogP contribution in [0.15, 0.2) is 29.3 Å². The van der Waals surface area contributed by atoms with Gasteiger partial charge in [-0.25, -0.2) is 0 Å². The van der Waals surface area contributed by atoms with E-state index in [1.807, 2.05) is 0 Å². The van der Waals surface area contributed by atoms with Gasteiger partial charge in [0.2, 0.25) is 0 Å². The minimum absolute atomic E-state index is 0.0828. The van der Waals surface area contributed by atoms with E-state index in [0.29, 0.717) is 5.92 Å². The van der Waals surface area contributed by atoms with Crippen molar-refractivity contribution in [1.29, 1.82) is 0 Å². The highest BCUT2D eigenvalue weighted by Crippen LogP contribution is 2.54. The molecule has 0 radical (unpaired) electrons. The summed E-state index contributed by atoms with van der Waals surface area (Å²) in [6.07, 6.45) is 6.07. The van der Waals surface area contributed by atoms with Gasteiger partial charge in [0.15, 0.2) is 0 Å². The summed E-state index contributed by atoms with van der Waals surface area (Å²) in [5, 5.41) is 0. The van der Waals surface area contributed by atoms with Crippen LogP contribution >= 0.6 is 0 Å². The van der Waals surface area contributed by atoms with Crippen molar-refractivity contribution in [3.8, 4) is 0 Å². The molecule has 2 aliphatic heterocycles. The zero-order valence-corrected chi connectivity index (χ0v) is 19.8. The Balaban J connectivity index is 1.24. The number of aryl methyl sites for hydroxylation is 2. The van der Waals surface area contributed by atoms with Gasteiger partial charge in [0, 0.05) is 11.6 Å². The molecule has 168 valence electrons. The molecule has 4 heteroatoms. The van der Waals surface area contributed by atoms with Crippen LogP contribution in [0.5, 0.6) is 0 Å². The molecule has 2 saturated heterocycles. The number of rotatable bonds is 3. The van der Waals surface area contributed by atoms with Crippen molar-refractivity contribution in [3.63, 3.8) is 0 Å². The Bertz CT molecular complexity index is 898. The molecule has 31 heavy (non-hydrogen) atoms. The summed E-state index contributed by atoms with van der Waals surface area (Å²) in [6.45, 7) is 14.4. The van der Waals surface area contributed by atoms with Gasteiger partial charge in [0.1, 0.15) is 12.0 Å². The molecular formula is C27H39N2O2+. The van der Waals surface area contributed by atoms with Crippen molar-refractivity contribution < 1.29 is 14.4 Å². The minimum atomic E-state index is 0.0828. The molecule has 3 fully saturated rings. The molecule has 4 atom stereocenters. The van der Waals surface area contributed by atoms with Crippen LogP contribution in [0.1, 0.15) is 57.1 Å². The highest BCUT2D eigenvalue weighted by atomic mass is 16.6. The van der Waals surface area contributed by atoms with Crippen molar-refractivity contribution in [2.24, 2.45) is 17.3 Å². The minimum Gasteiger partial charge on any atom is -0.462 e. The summed E-state index contributed by atoms with van der Waals surface area (Å²) < 4.78 is 6.00. The molecule has 0 unspecified atom stereocenters. The zero-order chi connectivity index (χ0) is 21.8. The summed E-state index contributed by atoms with van der Waals surface area (Å²) in [7, 11) is 0. The number of fused-ring (bicyclic) bond motifs is 2. The Kier molecular flexibility index (Phi) is 5.40. The van der Waals surface area contributed by atoms with E-state index in [9.17, 15) is 4.79 Å². The average Bonchev–Trinajstić information content (AvgIpc) is 3.01. The monoisotopic (exact) mass is 423 g/mol. The lowest BCUT2D eigenvalue weighted by Crippen LogP contribution is -3.15. The lowest BCUT2D eigenvalue weighted by atomic mass is 9.59. The van der Waals surface area contributed by atoms with E-state index >= 15 is 0 Å². The van der Waals surface area contributed by atoms with Gasteiger partial charge >= 0.3 is 5.97 Å². The first-order valence-electron chi connectivity index (χ1n) is 12.4. The third kappa shape index (κ3) is 3.82. The second-order valence-corrected chi connectivity index (χ2v) is 11.1. The number of hydrogen-bond donors (Lipinski definition) is 1. The van der Waals surface area contributed by atoms with Gasteiger partial charge in [-0.15, -0.1) is 0 Å². The maximum absolute atomic E-state index is 12.9. The number of benzene rings is 1. The molecule has 0 spiro atoms. The summed E-state index contributed by atoms with van der Waals surface area (Å²) >= 11 is 0. The lowest BCUT2D eigenvalue weighted by molar-refractivity contribution is -0.903. The maximum atomic E-state index is 12.9. The number of esters is 1. The van der Waals surface area contributed by atoms with Gasteiger partial charge in [-0.05, 0) is 69.9 Å². The van der Waals surface area contributed by atoms with Crippen LogP contribution in [0.3, 0.4) is 0 Å². The third-order valence-corrected chi connectivity index (χ3v) is 8.85. The predicted molar refractivity (Wildman–Crippen MR) is 124 cm³/mol. The molecule has 5 rings (SSSR count). The summed E-state index contributed by atoms with van der Waals surface area (Å²) in [5.74, 6) is 0.563. The number of quaternary nitrogens is 1. The van der Waals surface area contributed by atoms with Crippen molar-refractivity contribution >= 4 is 11.7 Å². The van der Waals surface area contributed by atoms with Crippen molar-refractivity contribution in [1.82, 2.24) is 0 Å². The van der Waals surface area contributed by atoms with E-state index in [1.54, 1.807) is 16.0 Å². The van der Waals surface area contributed by atoms with E-state index in [4.69, 9.17) is 4.74 Å². The molecule has 4 aliphatic rings. The smallest absolute Gasteiger partial charge is 0.315 e. The van der Waals surface area contributed by atoms with Crippen LogP contribution in [0.2, 0.25) is 0 Å². The Morgan fingerprint density at radius 2 is 1.97 bits per heavy atom. The number of carbonyl (C=O) groups is 1. The fraction of sp³-hybridized carbons (Fsp3) is 0.667. The zero-order valence-electron chi connectivity index (χ0n) is 19.8. The Morgan fingerprint density at radius 3 is 2.71 bits per heavy atom. The average molecular weight is 424 g/mol. The molecule has 1 N–H and O–H groups in total. The van der Waals surface area contributed by atoms with Gasteiger partial charge in [-0.3, -0.25) is 4.79 Å². The topological polar surface area (TPSA) is 34.0 Å². The maximum Gasteiger partial charge on any atom is 0.315 e. The number of anilines is 1. The van der Waals surface area contributed by atoms with Gasteiger partial charge in [0.25, 0.3) is 0 Å². The molecule has 2 aliphatic carbocycles. The first-order chi connectivity index (χ1) is 14.8. The van der Waals surface area contributed by atoms with E-state index in [2.05, 4.69) is 50.8 Å². The highest BCUT2D eigenvalue weighted by Gasteiger charge is 2.54. The largest absolute Gasteiger partial charge is 0.462 e. The third-order valence-electron chi connectivity index (χ3n) is 8.85. The Morgan fingerprint density at radius 1 is 1.19 bits per heavy atom. The van der Waals surface area contributed by atoms with Gasteiger partial charge in [0.05, 0.1) is 32.7 Å². The normalized spacial score (nSPS) is 33.9. The van der Waals surface area contributed by atoms with Crippen LogP contribution in [-0.2, 0) is 9.53 Å². The first kappa shape index (κ1) is 21.1. The highest BCUT2D eigenvalue weighted by molar-refractivity contribution is 5.75. The number of ether oxygens (including phenoxy) is 1. The molecule has 1 saturated carbocycles. The summed E-state index contributed by atoms with van der Waals surface area (Å²) in [6, 6.07) is 6.77.